The van der Waals surface area contributed by atoms with Gasteiger partial charge in [-0.2, -0.15) is 0 Å². The molecule has 0 N–H and O–H groups in total. The quantitative estimate of drug-likeness (QED) is 0.300. The van der Waals surface area contributed by atoms with Crippen LogP contribution in [0.1, 0.15) is 27.7 Å². The highest BCUT2D eigenvalue weighted by Crippen LogP contribution is 2.27. The van der Waals surface area contributed by atoms with Crippen molar-refractivity contribution in [2.24, 2.45) is 0 Å². The summed E-state index contributed by atoms with van der Waals surface area (Å²) in [5, 5.41) is 0. The van der Waals surface area contributed by atoms with E-state index >= 15 is 0 Å². The Morgan fingerprint density at radius 3 is 1.55 bits per heavy atom. The van der Waals surface area contributed by atoms with Gasteiger partial charge in [0.1, 0.15) is 25.4 Å². The molecule has 4 atom stereocenters. The molecule has 10 nitrogen and oxygen atoms in total. The van der Waals surface area contributed by atoms with E-state index in [1.54, 1.807) is 24.3 Å². The normalized spacial score (nSPS) is 19.8. The van der Waals surface area contributed by atoms with Crippen LogP contribution in [-0.4, -0.2) is 68.6 Å². The molecule has 4 unspecified atom stereocenters. The molecule has 2 rings (SSSR count). The van der Waals surface area contributed by atoms with Gasteiger partial charge in [-0.1, -0.05) is 30.3 Å². The average Bonchev–Trinajstić information content (AvgIpc) is 3.13. The lowest BCUT2D eigenvalue weighted by Gasteiger charge is -2.30. The van der Waals surface area contributed by atoms with Crippen molar-refractivity contribution in [2.75, 3.05) is 13.2 Å². The molecule has 1 saturated heterocycles. The predicted octanol–water partition coefficient (Wildman–Crippen LogP) is 0.155. The molecule has 0 aliphatic carbocycles. The second-order valence-corrected chi connectivity index (χ2v) is 6.84. The van der Waals surface area contributed by atoms with Gasteiger partial charge in [-0.3, -0.25) is 19.2 Å². The second kappa shape index (κ2) is 11.5. The van der Waals surface area contributed by atoms with Crippen molar-refractivity contribution in [3.63, 3.8) is 0 Å². The molecule has 0 spiro atoms. The van der Waals surface area contributed by atoms with Gasteiger partial charge in [-0.15, -0.1) is 0 Å². The molecule has 0 saturated carbocycles. The highest BCUT2D eigenvalue weighted by molar-refractivity contribution is 6.61. The number of hydrogen-bond donors (Lipinski definition) is 0. The van der Waals surface area contributed by atoms with Crippen molar-refractivity contribution < 1.29 is 47.4 Å². The maximum atomic E-state index is 11.7. The summed E-state index contributed by atoms with van der Waals surface area (Å²) >= 11 is 0. The van der Waals surface area contributed by atoms with Crippen molar-refractivity contribution in [3.8, 4) is 0 Å². The number of esters is 4. The minimum Gasteiger partial charge on any atom is -0.462 e. The summed E-state index contributed by atoms with van der Waals surface area (Å²) in [5.74, 6) is -2.43. The predicted molar refractivity (Wildman–Crippen MR) is 106 cm³/mol. The van der Waals surface area contributed by atoms with Gasteiger partial charge in [-0.05, 0) is 5.46 Å². The van der Waals surface area contributed by atoms with Crippen LogP contribution < -0.4 is 5.46 Å². The minimum absolute atomic E-state index is 0.304. The van der Waals surface area contributed by atoms with Gasteiger partial charge >= 0.3 is 31.0 Å². The molecule has 1 aromatic carbocycles. The van der Waals surface area contributed by atoms with Gasteiger partial charge in [0.05, 0.1) is 0 Å². The van der Waals surface area contributed by atoms with Crippen LogP contribution in [-0.2, 0) is 47.4 Å². The van der Waals surface area contributed by atoms with E-state index in [0.717, 1.165) is 0 Å². The van der Waals surface area contributed by atoms with E-state index in [1.807, 2.05) is 6.07 Å². The van der Waals surface area contributed by atoms with E-state index in [-0.39, 0.29) is 13.2 Å². The molecule has 1 heterocycles. The molecular weight excluding hydrogens is 411 g/mol. The van der Waals surface area contributed by atoms with E-state index in [1.165, 1.54) is 27.7 Å². The van der Waals surface area contributed by atoms with Gasteiger partial charge in [0.15, 0.2) is 12.2 Å². The molecule has 31 heavy (non-hydrogen) atoms. The SMILES string of the molecule is CC(=O)OCC(OC(C)=O)C1OB(c2ccccc2)OC1C(COC(C)=O)OC(C)=O. The third-order valence-corrected chi connectivity index (χ3v) is 4.23. The Bertz CT molecular complexity index is 737. The summed E-state index contributed by atoms with van der Waals surface area (Å²) in [4.78, 5) is 45.9. The third kappa shape index (κ3) is 7.69. The molecule has 1 aliphatic rings. The molecule has 11 heteroatoms. The van der Waals surface area contributed by atoms with Crippen molar-refractivity contribution in [2.45, 2.75) is 52.1 Å². The van der Waals surface area contributed by atoms with Gasteiger partial charge in [0.25, 0.3) is 0 Å². The third-order valence-electron chi connectivity index (χ3n) is 4.23. The highest BCUT2D eigenvalue weighted by Gasteiger charge is 2.50. The Morgan fingerprint density at radius 2 is 1.19 bits per heavy atom. The lowest BCUT2D eigenvalue weighted by atomic mass is 9.79. The lowest BCUT2D eigenvalue weighted by Crippen LogP contribution is -2.49. The average molecular weight is 436 g/mol. The standard InChI is InChI=1S/C20H25BO10/c1-12(22)26-10-17(28-14(3)24)19-20(18(29-15(4)25)11-27-13(2)23)31-21(30-19)16-8-6-5-7-9-16/h5-9,17-20H,10-11H2,1-4H3. The zero-order chi connectivity index (χ0) is 23.0. The topological polar surface area (TPSA) is 124 Å². The Hall–Kier alpha value is -2.92. The Labute approximate surface area is 180 Å². The fourth-order valence-electron chi connectivity index (χ4n) is 3.06. The Balaban J connectivity index is 2.36. The van der Waals surface area contributed by atoms with E-state index in [2.05, 4.69) is 0 Å². The number of ether oxygens (including phenoxy) is 4. The molecule has 1 aliphatic heterocycles. The first-order chi connectivity index (χ1) is 14.7. The fraction of sp³-hybridized carbons (Fsp3) is 0.500. The minimum atomic E-state index is -1.06. The fourth-order valence-corrected chi connectivity index (χ4v) is 3.06. The molecule has 1 fully saturated rings. The summed E-state index contributed by atoms with van der Waals surface area (Å²) in [6, 6.07) is 8.93. The number of rotatable bonds is 9. The van der Waals surface area contributed by atoms with Gasteiger partial charge in [0.2, 0.25) is 0 Å². The van der Waals surface area contributed by atoms with E-state index in [4.69, 9.17) is 28.3 Å². The summed E-state index contributed by atoms with van der Waals surface area (Å²) in [7, 11) is -0.887. The van der Waals surface area contributed by atoms with Gasteiger partial charge in [-0.25, -0.2) is 0 Å². The van der Waals surface area contributed by atoms with Crippen LogP contribution >= 0.6 is 0 Å². The van der Waals surface area contributed by atoms with Crippen molar-refractivity contribution in [3.05, 3.63) is 30.3 Å². The zero-order valence-corrected chi connectivity index (χ0v) is 17.8. The molecule has 0 radical (unpaired) electrons. The maximum Gasteiger partial charge on any atom is 0.494 e. The zero-order valence-electron chi connectivity index (χ0n) is 17.8. The van der Waals surface area contributed by atoms with Crippen molar-refractivity contribution >= 4 is 36.5 Å². The van der Waals surface area contributed by atoms with E-state index in [9.17, 15) is 19.2 Å². The van der Waals surface area contributed by atoms with E-state index in [0.29, 0.717) is 5.46 Å². The molecule has 0 bridgehead atoms. The van der Waals surface area contributed by atoms with Crippen LogP contribution in [0.4, 0.5) is 0 Å². The van der Waals surface area contributed by atoms with Crippen molar-refractivity contribution in [1.82, 2.24) is 0 Å². The molecule has 0 aromatic heterocycles. The molecule has 0 amide bonds. The van der Waals surface area contributed by atoms with Gasteiger partial charge < -0.3 is 28.3 Å². The summed E-state index contributed by atoms with van der Waals surface area (Å²) in [6.07, 6.45) is -4.10. The highest BCUT2D eigenvalue weighted by atomic mass is 16.7. The number of carbonyl (C=O) groups excluding carboxylic acids is 4. The van der Waals surface area contributed by atoms with Crippen LogP contribution in [0.25, 0.3) is 0 Å². The van der Waals surface area contributed by atoms with E-state index < -0.39 is 55.4 Å². The lowest BCUT2D eigenvalue weighted by molar-refractivity contribution is -0.173. The summed E-state index contributed by atoms with van der Waals surface area (Å²) in [5.41, 5.74) is 0.665. The largest absolute Gasteiger partial charge is 0.494 e. The van der Waals surface area contributed by atoms with Crippen molar-refractivity contribution in [1.29, 1.82) is 0 Å². The first-order valence-corrected chi connectivity index (χ1v) is 9.64. The van der Waals surface area contributed by atoms with Crippen LogP contribution in [0.2, 0.25) is 0 Å². The van der Waals surface area contributed by atoms with Crippen LogP contribution in [0.5, 0.6) is 0 Å². The number of hydrogen-bond acceptors (Lipinski definition) is 10. The van der Waals surface area contributed by atoms with Crippen LogP contribution in [0.3, 0.4) is 0 Å². The Kier molecular flexibility index (Phi) is 9.01. The summed E-state index contributed by atoms with van der Waals surface area (Å²) in [6.45, 7) is 4.21. The number of benzene rings is 1. The number of carbonyl (C=O) groups is 4. The molecule has 168 valence electrons. The Morgan fingerprint density at radius 1 is 0.774 bits per heavy atom. The second-order valence-electron chi connectivity index (χ2n) is 6.84. The van der Waals surface area contributed by atoms with Crippen LogP contribution in [0.15, 0.2) is 30.3 Å². The monoisotopic (exact) mass is 436 g/mol. The first-order valence-electron chi connectivity index (χ1n) is 9.64. The summed E-state index contributed by atoms with van der Waals surface area (Å²) < 4.78 is 32.7. The molecular formula is C20H25BO10. The van der Waals surface area contributed by atoms with Gasteiger partial charge in [0, 0.05) is 27.7 Å². The first kappa shape index (κ1) is 24.4. The van der Waals surface area contributed by atoms with Crippen LogP contribution in [0, 0.1) is 0 Å². The smallest absolute Gasteiger partial charge is 0.462 e. The maximum absolute atomic E-state index is 11.7. The molecule has 1 aromatic rings.